The average Bonchev–Trinajstić information content (AvgIpc) is 3.04. The summed E-state index contributed by atoms with van der Waals surface area (Å²) in [5.41, 5.74) is 6.39. The Labute approximate surface area is 168 Å². The van der Waals surface area contributed by atoms with E-state index < -0.39 is 12.1 Å². The highest BCUT2D eigenvalue weighted by molar-refractivity contribution is 7.99. The number of aromatic nitrogens is 2. The number of nitrogens with two attached hydrogens (primary N) is 1. The van der Waals surface area contributed by atoms with Crippen molar-refractivity contribution in [2.45, 2.75) is 82.1 Å². The van der Waals surface area contributed by atoms with Gasteiger partial charge in [0, 0.05) is 5.75 Å². The van der Waals surface area contributed by atoms with Crippen LogP contribution in [-0.2, 0) is 14.2 Å². The van der Waals surface area contributed by atoms with Gasteiger partial charge in [-0.2, -0.15) is 0 Å². The Morgan fingerprint density at radius 2 is 2.11 bits per heavy atom. The van der Waals surface area contributed by atoms with Crippen LogP contribution in [0, 0.1) is 0 Å². The second kappa shape index (κ2) is 8.26. The number of aliphatic hydroxyl groups excluding tert-OH is 1. The van der Waals surface area contributed by atoms with Crippen LogP contribution < -0.4 is 11.1 Å². The molecule has 2 heterocycles. The highest BCUT2D eigenvalue weighted by Crippen LogP contribution is 2.41. The maximum atomic E-state index is 9.64. The molecule has 27 heavy (non-hydrogen) atoms. The third-order valence-electron chi connectivity index (χ3n) is 4.42. The third kappa shape index (κ3) is 4.78. The first-order valence-electron chi connectivity index (χ1n) is 9.11. The highest BCUT2D eigenvalue weighted by atomic mass is 35.5. The van der Waals surface area contributed by atoms with Crippen molar-refractivity contribution < 1.29 is 19.3 Å². The third-order valence-corrected chi connectivity index (χ3v) is 5.76. The van der Waals surface area contributed by atoms with E-state index in [0.717, 1.165) is 12.2 Å². The van der Waals surface area contributed by atoms with Crippen LogP contribution >= 0.6 is 23.4 Å². The van der Waals surface area contributed by atoms with Crippen LogP contribution in [0.2, 0.25) is 5.15 Å². The Morgan fingerprint density at radius 1 is 1.41 bits per heavy atom. The normalized spacial score (nSPS) is 30.3. The number of fused-ring (bicyclic) bond motifs is 1. The monoisotopic (exact) mass is 418 g/mol. The first-order valence-corrected chi connectivity index (χ1v) is 10.5. The number of anilines is 2. The fourth-order valence-electron chi connectivity index (χ4n) is 3.43. The zero-order valence-corrected chi connectivity index (χ0v) is 17.5. The molecule has 152 valence electrons. The molecule has 3 rings (SSSR count). The molecular formula is C17H27ClN4O4S. The lowest BCUT2D eigenvalue weighted by molar-refractivity contribution is -0.190. The van der Waals surface area contributed by atoms with Crippen molar-refractivity contribution in [3.63, 3.8) is 0 Å². The van der Waals surface area contributed by atoms with Gasteiger partial charge in [0.25, 0.3) is 0 Å². The summed E-state index contributed by atoms with van der Waals surface area (Å²) in [5, 5.41) is 13.8. The summed E-state index contributed by atoms with van der Waals surface area (Å²) in [4.78, 5) is 8.74. The largest absolute Gasteiger partial charge is 0.393 e. The molecule has 0 aromatic carbocycles. The molecule has 8 nitrogen and oxygen atoms in total. The van der Waals surface area contributed by atoms with E-state index in [-0.39, 0.29) is 29.5 Å². The van der Waals surface area contributed by atoms with E-state index >= 15 is 0 Å². The lowest BCUT2D eigenvalue weighted by Crippen LogP contribution is -2.35. The van der Waals surface area contributed by atoms with Crippen molar-refractivity contribution in [1.82, 2.24) is 9.97 Å². The number of nitrogen functional groups attached to an aromatic ring is 1. The Kier molecular flexibility index (Phi) is 6.39. The summed E-state index contributed by atoms with van der Waals surface area (Å²) in [5.74, 6) is 0.638. The van der Waals surface area contributed by atoms with Gasteiger partial charge in [-0.25, -0.2) is 9.97 Å². The zero-order valence-electron chi connectivity index (χ0n) is 15.9. The lowest BCUT2D eigenvalue weighted by Gasteiger charge is -2.25. The minimum Gasteiger partial charge on any atom is -0.393 e. The Balaban J connectivity index is 1.81. The number of halogens is 1. The van der Waals surface area contributed by atoms with Crippen LogP contribution in [0.25, 0.3) is 0 Å². The van der Waals surface area contributed by atoms with E-state index in [2.05, 4.69) is 22.2 Å². The molecule has 1 aliphatic carbocycles. The van der Waals surface area contributed by atoms with E-state index in [1.807, 2.05) is 13.8 Å². The summed E-state index contributed by atoms with van der Waals surface area (Å²) in [6, 6.07) is -0.155. The summed E-state index contributed by atoms with van der Waals surface area (Å²) in [7, 11) is 0. The van der Waals surface area contributed by atoms with Gasteiger partial charge in [0.2, 0.25) is 0 Å². The van der Waals surface area contributed by atoms with Gasteiger partial charge < -0.3 is 30.4 Å². The standard InChI is InChI=1S/C17H27ClN4O4S/c1-5-6-27-16-21-14(18)11(19)15(22-16)20-9-7-10(24-8(2)23)13-12(9)25-17(3,4)26-13/h8-10,12-13,23H,5-7,19H2,1-4H3,(H,20,21,22)/t8?,9-,10+,12+,13-/m1/s1. The maximum absolute atomic E-state index is 9.64. The minimum atomic E-state index is -0.891. The predicted octanol–water partition coefficient (Wildman–Crippen LogP) is 2.64. The van der Waals surface area contributed by atoms with Gasteiger partial charge in [0.1, 0.15) is 17.9 Å². The van der Waals surface area contributed by atoms with Gasteiger partial charge >= 0.3 is 0 Å². The number of hydrogen-bond donors (Lipinski definition) is 3. The van der Waals surface area contributed by atoms with Gasteiger partial charge in [-0.05, 0) is 33.6 Å². The van der Waals surface area contributed by atoms with E-state index in [1.165, 1.54) is 11.8 Å². The van der Waals surface area contributed by atoms with E-state index in [0.29, 0.717) is 23.1 Å². The number of nitrogens with one attached hydrogen (secondary N) is 1. The van der Waals surface area contributed by atoms with Crippen molar-refractivity contribution in [3.05, 3.63) is 5.15 Å². The van der Waals surface area contributed by atoms with Gasteiger partial charge in [0.05, 0.1) is 12.1 Å². The molecule has 1 aliphatic heterocycles. The summed E-state index contributed by atoms with van der Waals surface area (Å²) in [6.07, 6.45) is -0.166. The zero-order chi connectivity index (χ0) is 19.8. The molecule has 1 saturated carbocycles. The van der Waals surface area contributed by atoms with Gasteiger partial charge in [-0.1, -0.05) is 30.3 Å². The van der Waals surface area contributed by atoms with Crippen LogP contribution in [0.3, 0.4) is 0 Å². The molecule has 5 atom stereocenters. The fraction of sp³-hybridized carbons (Fsp3) is 0.765. The van der Waals surface area contributed by atoms with Crippen LogP contribution in [0.4, 0.5) is 11.5 Å². The van der Waals surface area contributed by atoms with Crippen LogP contribution in [0.15, 0.2) is 5.16 Å². The minimum absolute atomic E-state index is 0.155. The second-order valence-electron chi connectivity index (χ2n) is 7.23. The number of aliphatic hydroxyl groups is 1. The van der Waals surface area contributed by atoms with Gasteiger partial charge in [-0.3, -0.25) is 0 Å². The van der Waals surface area contributed by atoms with Crippen molar-refractivity contribution >= 4 is 34.9 Å². The van der Waals surface area contributed by atoms with Gasteiger partial charge in [0.15, 0.2) is 28.2 Å². The first kappa shape index (κ1) is 20.9. The molecule has 1 aromatic heterocycles. The number of rotatable bonds is 7. The quantitative estimate of drug-likeness (QED) is 0.266. The number of thioether (sulfide) groups is 1. The molecule has 0 spiro atoms. The second-order valence-corrected chi connectivity index (χ2v) is 8.65. The smallest absolute Gasteiger partial charge is 0.191 e. The first-order chi connectivity index (χ1) is 12.7. The number of hydrogen-bond acceptors (Lipinski definition) is 9. The average molecular weight is 419 g/mol. The number of nitrogens with zero attached hydrogens (tertiary/aromatic N) is 2. The van der Waals surface area contributed by atoms with Crippen molar-refractivity contribution in [1.29, 1.82) is 0 Å². The molecule has 1 unspecified atom stereocenters. The Hall–Kier alpha value is -0.840. The van der Waals surface area contributed by atoms with Crippen molar-refractivity contribution in [2.75, 3.05) is 16.8 Å². The molecule has 4 N–H and O–H groups in total. The SMILES string of the molecule is CCCSc1nc(Cl)c(N)c(N[C@@H]2C[C@H](OC(C)O)[C@H]3OC(C)(C)O[C@H]32)n1. The van der Waals surface area contributed by atoms with E-state index in [4.69, 9.17) is 31.5 Å². The van der Waals surface area contributed by atoms with E-state index in [1.54, 1.807) is 6.92 Å². The molecule has 2 aliphatic rings. The topological polar surface area (TPSA) is 112 Å². The van der Waals surface area contributed by atoms with Crippen molar-refractivity contribution in [2.24, 2.45) is 0 Å². The molecule has 1 saturated heterocycles. The molecule has 0 radical (unpaired) electrons. The Bertz CT molecular complexity index is 679. The molecule has 1 aromatic rings. The molecule has 10 heteroatoms. The summed E-state index contributed by atoms with van der Waals surface area (Å²) >= 11 is 7.72. The highest BCUT2D eigenvalue weighted by Gasteiger charge is 2.55. The summed E-state index contributed by atoms with van der Waals surface area (Å²) in [6.45, 7) is 7.38. The molecule has 0 amide bonds. The molecular weight excluding hydrogens is 392 g/mol. The molecule has 0 bridgehead atoms. The summed E-state index contributed by atoms with van der Waals surface area (Å²) < 4.78 is 17.7. The fourth-order valence-corrected chi connectivity index (χ4v) is 4.35. The number of ether oxygens (including phenoxy) is 3. The van der Waals surface area contributed by atoms with Crippen molar-refractivity contribution in [3.8, 4) is 0 Å². The van der Waals surface area contributed by atoms with E-state index in [9.17, 15) is 5.11 Å². The van der Waals surface area contributed by atoms with Crippen LogP contribution in [0.5, 0.6) is 0 Å². The van der Waals surface area contributed by atoms with Gasteiger partial charge in [-0.15, -0.1) is 0 Å². The predicted molar refractivity (Wildman–Crippen MR) is 105 cm³/mol. The van der Waals surface area contributed by atoms with Crippen LogP contribution in [0.1, 0.15) is 40.5 Å². The maximum Gasteiger partial charge on any atom is 0.191 e. The van der Waals surface area contributed by atoms with Crippen LogP contribution in [-0.4, -0.2) is 57.3 Å². The Morgan fingerprint density at radius 3 is 2.78 bits per heavy atom. The molecule has 2 fully saturated rings. The lowest BCUT2D eigenvalue weighted by atomic mass is 10.2.